The topological polar surface area (TPSA) is 60.4 Å². The van der Waals surface area contributed by atoms with Crippen molar-refractivity contribution in [2.24, 2.45) is 0 Å². The molecule has 4 nitrogen and oxygen atoms in total. The van der Waals surface area contributed by atoms with Gasteiger partial charge in [-0.1, -0.05) is 17.7 Å². The molecular formula is C8H8O4S. The average molecular weight is 200 g/mol. The second-order valence-electron chi connectivity index (χ2n) is 2.47. The van der Waals surface area contributed by atoms with Crippen LogP contribution in [0.3, 0.4) is 0 Å². The number of thiol groups is 1. The molecule has 0 spiro atoms. The summed E-state index contributed by atoms with van der Waals surface area (Å²) in [5.74, 6) is -0.851. The number of benzene rings is 1. The van der Waals surface area contributed by atoms with E-state index in [0.717, 1.165) is 5.56 Å². The van der Waals surface area contributed by atoms with Crippen molar-refractivity contribution < 1.29 is 17.4 Å². The van der Waals surface area contributed by atoms with Gasteiger partial charge in [-0.3, -0.25) is 0 Å². The van der Waals surface area contributed by atoms with Crippen LogP contribution in [0, 0.1) is 6.92 Å². The molecule has 0 N–H and O–H groups in total. The van der Waals surface area contributed by atoms with Crippen LogP contribution in [-0.2, 0) is 15.2 Å². The fourth-order valence-corrected chi connectivity index (χ4v) is 1.05. The van der Waals surface area contributed by atoms with Crippen molar-refractivity contribution in [2.75, 3.05) is 0 Å². The molecular weight excluding hydrogens is 192 g/mol. The minimum Gasteiger partial charge on any atom is -0.343 e. The summed E-state index contributed by atoms with van der Waals surface area (Å²) in [5, 5.41) is 0. The van der Waals surface area contributed by atoms with Gasteiger partial charge in [0.15, 0.2) is 0 Å². The molecule has 1 rings (SSSR count). The lowest BCUT2D eigenvalue weighted by Crippen LogP contribution is -2.03. The van der Waals surface area contributed by atoms with Gasteiger partial charge in [0.1, 0.15) is 0 Å². The maximum atomic E-state index is 11.0. The molecule has 1 aromatic rings. The van der Waals surface area contributed by atoms with E-state index in [0.29, 0.717) is 0 Å². The van der Waals surface area contributed by atoms with Crippen LogP contribution < -0.4 is 0 Å². The van der Waals surface area contributed by atoms with E-state index in [1.807, 2.05) is 6.92 Å². The normalized spacial score (nSPS) is 10.0. The fourth-order valence-electron chi connectivity index (χ4n) is 0.810. The smallest absolute Gasteiger partial charge is 0.343 e. The summed E-state index contributed by atoms with van der Waals surface area (Å²) in [6, 6.07) is 6.43. The molecule has 0 radical (unpaired) electrons. The van der Waals surface area contributed by atoms with Crippen molar-refractivity contribution >= 4 is 17.0 Å². The minimum absolute atomic E-state index is 0.227. The van der Waals surface area contributed by atoms with Gasteiger partial charge in [-0.15, -0.1) is 0 Å². The molecule has 0 aliphatic heterocycles. The van der Waals surface area contributed by atoms with Gasteiger partial charge in [0.25, 0.3) is 0 Å². The molecule has 0 fully saturated rings. The van der Waals surface area contributed by atoms with Gasteiger partial charge < -0.3 is 4.18 Å². The Bertz CT molecular complexity index is 370. The highest BCUT2D eigenvalue weighted by Crippen LogP contribution is 2.04. The molecule has 0 aliphatic rings. The lowest BCUT2D eigenvalue weighted by Gasteiger charge is -1.97. The third-order valence-electron chi connectivity index (χ3n) is 1.44. The molecule has 0 amide bonds. The second kappa shape index (κ2) is 4.04. The van der Waals surface area contributed by atoms with Crippen molar-refractivity contribution in [3.63, 3.8) is 0 Å². The number of hydrogen-bond acceptors (Lipinski definition) is 4. The van der Waals surface area contributed by atoms with Crippen LogP contribution >= 0.6 is 0 Å². The highest BCUT2D eigenvalue weighted by atomic mass is 32.2. The van der Waals surface area contributed by atoms with Crippen LogP contribution in [-0.4, -0.2) is 14.4 Å². The largest absolute Gasteiger partial charge is 0.353 e. The zero-order chi connectivity index (χ0) is 9.84. The van der Waals surface area contributed by atoms with Crippen LogP contribution in [0.4, 0.5) is 0 Å². The van der Waals surface area contributed by atoms with Crippen molar-refractivity contribution in [3.8, 4) is 0 Å². The van der Waals surface area contributed by atoms with E-state index in [1.54, 1.807) is 12.1 Å². The number of hydrogen-bond donors (Lipinski definition) is 1. The Labute approximate surface area is 77.3 Å². The third-order valence-corrected chi connectivity index (χ3v) is 1.76. The zero-order valence-corrected chi connectivity index (χ0v) is 7.78. The van der Waals surface area contributed by atoms with Gasteiger partial charge in [0.2, 0.25) is 0 Å². The summed E-state index contributed by atoms with van der Waals surface area (Å²) in [7, 11) is -3.12. The molecule has 0 heterocycles. The van der Waals surface area contributed by atoms with Gasteiger partial charge in [0, 0.05) is 0 Å². The Hall–Kier alpha value is -1.36. The molecule has 0 unspecified atom stereocenters. The van der Waals surface area contributed by atoms with Crippen molar-refractivity contribution in [1.82, 2.24) is 0 Å². The lowest BCUT2D eigenvalue weighted by molar-refractivity contribution is 0.0754. The standard InChI is InChI=1S/C8H8O4S/c1-6-2-4-7(5-3-6)8(9)12-13(10)11/h2-5,13H,1H3. The maximum Gasteiger partial charge on any atom is 0.353 e. The van der Waals surface area contributed by atoms with E-state index >= 15 is 0 Å². The molecule has 13 heavy (non-hydrogen) atoms. The summed E-state index contributed by atoms with van der Waals surface area (Å²) < 4.78 is 24.1. The first-order valence-corrected chi connectivity index (χ1v) is 4.62. The summed E-state index contributed by atoms with van der Waals surface area (Å²) in [5.41, 5.74) is 1.22. The number of carbonyl (C=O) groups excluding carboxylic acids is 1. The highest BCUT2D eigenvalue weighted by molar-refractivity contribution is 7.67. The van der Waals surface area contributed by atoms with Gasteiger partial charge in [0.05, 0.1) is 5.56 Å². The number of rotatable bonds is 2. The summed E-state index contributed by atoms with van der Waals surface area (Å²) >= 11 is 0. The predicted octanol–water partition coefficient (Wildman–Crippen LogP) is 0.678. The Morgan fingerprint density at radius 2 is 1.77 bits per heavy atom. The lowest BCUT2D eigenvalue weighted by atomic mass is 10.2. The van der Waals surface area contributed by atoms with Gasteiger partial charge >= 0.3 is 17.0 Å². The monoisotopic (exact) mass is 200 g/mol. The Morgan fingerprint density at radius 1 is 1.23 bits per heavy atom. The van der Waals surface area contributed by atoms with Crippen LogP contribution in [0.1, 0.15) is 15.9 Å². The first-order valence-electron chi connectivity index (χ1n) is 3.53. The molecule has 5 heteroatoms. The molecule has 0 saturated carbocycles. The second-order valence-corrected chi connectivity index (χ2v) is 3.10. The van der Waals surface area contributed by atoms with Crippen molar-refractivity contribution in [3.05, 3.63) is 35.4 Å². The number of carbonyl (C=O) groups is 1. The van der Waals surface area contributed by atoms with E-state index in [-0.39, 0.29) is 5.56 Å². The van der Waals surface area contributed by atoms with Gasteiger partial charge in [-0.2, -0.15) is 8.42 Å². The van der Waals surface area contributed by atoms with Gasteiger partial charge in [-0.05, 0) is 19.1 Å². The molecule has 70 valence electrons. The zero-order valence-electron chi connectivity index (χ0n) is 6.89. The van der Waals surface area contributed by atoms with Crippen molar-refractivity contribution in [1.29, 1.82) is 0 Å². The van der Waals surface area contributed by atoms with E-state index in [2.05, 4.69) is 4.18 Å². The summed E-state index contributed by atoms with van der Waals surface area (Å²) in [6.45, 7) is 1.86. The Balaban J connectivity index is 2.83. The highest BCUT2D eigenvalue weighted by Gasteiger charge is 2.06. The molecule has 0 aliphatic carbocycles. The molecule has 1 aromatic carbocycles. The van der Waals surface area contributed by atoms with Gasteiger partial charge in [-0.25, -0.2) is 4.79 Å². The van der Waals surface area contributed by atoms with E-state index in [1.165, 1.54) is 12.1 Å². The molecule has 0 aromatic heterocycles. The van der Waals surface area contributed by atoms with Crippen LogP contribution in [0.2, 0.25) is 0 Å². The SMILES string of the molecule is Cc1ccc(C(=O)O[SH](=O)=O)cc1. The molecule has 0 saturated heterocycles. The first-order chi connectivity index (χ1) is 6.09. The van der Waals surface area contributed by atoms with E-state index in [4.69, 9.17) is 0 Å². The van der Waals surface area contributed by atoms with E-state index in [9.17, 15) is 13.2 Å². The Morgan fingerprint density at radius 3 is 2.23 bits per heavy atom. The Kier molecular flexibility index (Phi) is 3.02. The van der Waals surface area contributed by atoms with Crippen LogP contribution in [0.25, 0.3) is 0 Å². The summed E-state index contributed by atoms with van der Waals surface area (Å²) in [6.07, 6.45) is 0. The summed E-state index contributed by atoms with van der Waals surface area (Å²) in [4.78, 5) is 11.0. The predicted molar refractivity (Wildman–Crippen MR) is 46.9 cm³/mol. The maximum absolute atomic E-state index is 11.0. The fraction of sp³-hybridized carbons (Fsp3) is 0.125. The average Bonchev–Trinajstić information content (AvgIpc) is 2.04. The molecule has 0 atom stereocenters. The third kappa shape index (κ3) is 2.87. The van der Waals surface area contributed by atoms with Crippen LogP contribution in [0.15, 0.2) is 24.3 Å². The van der Waals surface area contributed by atoms with Crippen LogP contribution in [0.5, 0.6) is 0 Å². The first kappa shape index (κ1) is 9.73. The molecule has 0 bridgehead atoms. The number of aryl methyl sites for hydroxylation is 1. The van der Waals surface area contributed by atoms with E-state index < -0.39 is 17.0 Å². The quantitative estimate of drug-likeness (QED) is 0.713. The minimum atomic E-state index is -3.12. The van der Waals surface area contributed by atoms with Crippen molar-refractivity contribution in [2.45, 2.75) is 6.92 Å².